The Labute approximate surface area is 265 Å². The maximum absolute atomic E-state index is 13.1. The molecule has 2 aromatic carbocycles. The second kappa shape index (κ2) is 14.2. The Morgan fingerprint density at radius 1 is 1.00 bits per heavy atom. The molecule has 1 aromatic heterocycles. The number of nitrogens with zero attached hydrogens (tertiary/aromatic N) is 4. The molecule has 1 saturated heterocycles. The highest BCUT2D eigenvalue weighted by atomic mass is 35.5. The fourth-order valence-corrected chi connectivity index (χ4v) is 5.52. The van der Waals surface area contributed by atoms with Gasteiger partial charge in [0.2, 0.25) is 0 Å². The highest BCUT2D eigenvalue weighted by Crippen LogP contribution is 2.33. The van der Waals surface area contributed by atoms with E-state index < -0.39 is 17.9 Å². The minimum absolute atomic E-state index is 0.130. The van der Waals surface area contributed by atoms with Crippen LogP contribution >= 0.6 is 23.2 Å². The Morgan fingerprint density at radius 3 is 2.37 bits per heavy atom. The Morgan fingerprint density at radius 2 is 1.70 bits per heavy atom. The number of halogens is 2. The van der Waals surface area contributed by atoms with Gasteiger partial charge >= 0.3 is 6.09 Å². The number of amides is 1. The van der Waals surface area contributed by atoms with Crippen molar-refractivity contribution in [1.82, 2.24) is 14.4 Å². The first-order chi connectivity index (χ1) is 20.4. The van der Waals surface area contributed by atoms with Crippen molar-refractivity contribution >= 4 is 45.9 Å². The second-order valence-corrected chi connectivity index (χ2v) is 13.3. The van der Waals surface area contributed by atoms with Crippen LogP contribution in [-0.4, -0.2) is 72.4 Å². The maximum atomic E-state index is 13.1. The molecule has 10 heteroatoms. The predicted molar refractivity (Wildman–Crippen MR) is 176 cm³/mol. The summed E-state index contributed by atoms with van der Waals surface area (Å²) in [5, 5.41) is 2.08. The van der Waals surface area contributed by atoms with E-state index in [2.05, 4.69) is 9.80 Å². The standard InChI is InChI=1S/C33H44Cl2N4O4/c1-23(2)31(43-32(41)36(6)33(3,4)5)39-28-22-25(14-12-24(28)13-15-29(39)40)42-21-8-7-16-37-17-19-38(20-18-37)27-11-9-10-26(34)30(27)35/h9-15,22-23,31H,7-8,16-21H2,1-6H3. The Bertz CT molecular complexity index is 1460. The molecule has 3 aromatic rings. The lowest BCUT2D eigenvalue weighted by molar-refractivity contribution is -0.00607. The molecule has 8 nitrogen and oxygen atoms in total. The zero-order valence-corrected chi connectivity index (χ0v) is 27.6. The van der Waals surface area contributed by atoms with Crippen molar-refractivity contribution in [2.24, 2.45) is 5.92 Å². The van der Waals surface area contributed by atoms with E-state index in [0.717, 1.165) is 56.6 Å². The first kappa shape index (κ1) is 33.0. The summed E-state index contributed by atoms with van der Waals surface area (Å²) in [5.74, 6) is 0.550. The molecule has 0 radical (unpaired) electrons. The van der Waals surface area contributed by atoms with Crippen LogP contribution in [0.3, 0.4) is 0 Å². The van der Waals surface area contributed by atoms with E-state index in [0.29, 0.717) is 27.9 Å². The Balaban J connectivity index is 1.34. The Kier molecular flexibility index (Phi) is 10.9. The van der Waals surface area contributed by atoms with Crippen molar-refractivity contribution in [3.63, 3.8) is 0 Å². The summed E-state index contributed by atoms with van der Waals surface area (Å²) >= 11 is 12.6. The van der Waals surface area contributed by atoms with E-state index in [-0.39, 0.29) is 11.5 Å². The number of ether oxygens (including phenoxy) is 2. The van der Waals surface area contributed by atoms with Crippen LogP contribution in [0.4, 0.5) is 10.5 Å². The molecule has 43 heavy (non-hydrogen) atoms. The van der Waals surface area contributed by atoms with Crippen LogP contribution in [0.5, 0.6) is 5.75 Å². The molecule has 0 aliphatic carbocycles. The lowest BCUT2D eigenvalue weighted by Gasteiger charge is -2.36. The van der Waals surface area contributed by atoms with Gasteiger partial charge in [0.1, 0.15) is 5.75 Å². The molecule has 0 bridgehead atoms. The van der Waals surface area contributed by atoms with Crippen molar-refractivity contribution in [1.29, 1.82) is 0 Å². The summed E-state index contributed by atoms with van der Waals surface area (Å²) in [5.41, 5.74) is 1.03. The number of hydrogen-bond donors (Lipinski definition) is 0. The van der Waals surface area contributed by atoms with Crippen LogP contribution < -0.4 is 15.2 Å². The number of piperazine rings is 1. The highest BCUT2D eigenvalue weighted by molar-refractivity contribution is 6.43. The van der Waals surface area contributed by atoms with Gasteiger partial charge in [-0.3, -0.25) is 14.3 Å². The molecule has 234 valence electrons. The molecule has 1 unspecified atom stereocenters. The first-order valence-electron chi connectivity index (χ1n) is 15.0. The number of anilines is 1. The van der Waals surface area contributed by atoms with E-state index in [9.17, 15) is 9.59 Å². The first-order valence-corrected chi connectivity index (χ1v) is 15.8. The molecule has 1 fully saturated rings. The van der Waals surface area contributed by atoms with Gasteiger partial charge in [-0.1, -0.05) is 43.1 Å². The van der Waals surface area contributed by atoms with Gasteiger partial charge in [0.25, 0.3) is 5.56 Å². The molecule has 2 heterocycles. The number of fused-ring (bicyclic) bond motifs is 1. The Hall–Kier alpha value is -2.94. The third-order valence-electron chi connectivity index (χ3n) is 8.01. The van der Waals surface area contributed by atoms with Gasteiger partial charge in [0.05, 0.1) is 27.9 Å². The number of unbranched alkanes of at least 4 members (excludes halogenated alkanes) is 1. The zero-order valence-electron chi connectivity index (χ0n) is 26.1. The summed E-state index contributed by atoms with van der Waals surface area (Å²) in [6.45, 7) is 15.0. The number of aromatic nitrogens is 1. The SMILES string of the molecule is CC(C)C(OC(=O)N(C)C(C)(C)C)n1c(=O)ccc2ccc(OCCCCN3CCN(c4cccc(Cl)c4Cl)CC3)cc21. The smallest absolute Gasteiger partial charge is 0.411 e. The monoisotopic (exact) mass is 630 g/mol. The van der Waals surface area contributed by atoms with E-state index in [1.165, 1.54) is 6.07 Å². The second-order valence-electron chi connectivity index (χ2n) is 12.5. The van der Waals surface area contributed by atoms with E-state index in [1.807, 2.05) is 71.0 Å². The van der Waals surface area contributed by atoms with Crippen LogP contribution in [0.15, 0.2) is 53.3 Å². The fraction of sp³-hybridized carbons (Fsp3) is 0.515. The molecule has 1 atom stereocenters. The predicted octanol–water partition coefficient (Wildman–Crippen LogP) is 7.31. The van der Waals surface area contributed by atoms with Gasteiger partial charge in [0.15, 0.2) is 6.23 Å². The number of hydrogen-bond acceptors (Lipinski definition) is 6. The third kappa shape index (κ3) is 8.16. The molecule has 0 spiro atoms. The minimum Gasteiger partial charge on any atom is -0.494 e. The van der Waals surface area contributed by atoms with Gasteiger partial charge in [-0.05, 0) is 75.9 Å². The lowest BCUT2D eigenvalue weighted by Crippen LogP contribution is -2.46. The molecule has 0 N–H and O–H groups in total. The largest absolute Gasteiger partial charge is 0.494 e. The van der Waals surface area contributed by atoms with Crippen LogP contribution in [0.25, 0.3) is 10.9 Å². The molecular weight excluding hydrogens is 587 g/mol. The fourth-order valence-electron chi connectivity index (χ4n) is 5.11. The van der Waals surface area contributed by atoms with Crippen molar-refractivity contribution in [3.05, 3.63) is 68.9 Å². The minimum atomic E-state index is -0.765. The summed E-state index contributed by atoms with van der Waals surface area (Å²) < 4.78 is 13.6. The summed E-state index contributed by atoms with van der Waals surface area (Å²) in [6, 6.07) is 14.8. The summed E-state index contributed by atoms with van der Waals surface area (Å²) in [4.78, 5) is 32.4. The average molecular weight is 632 g/mol. The molecule has 4 rings (SSSR count). The third-order valence-corrected chi connectivity index (χ3v) is 8.82. The number of benzene rings is 2. The van der Waals surface area contributed by atoms with Crippen LogP contribution in [0.2, 0.25) is 10.0 Å². The van der Waals surface area contributed by atoms with Crippen molar-refractivity contribution < 1.29 is 14.3 Å². The van der Waals surface area contributed by atoms with E-state index in [1.54, 1.807) is 22.6 Å². The van der Waals surface area contributed by atoms with Gasteiger partial charge in [0, 0.05) is 56.8 Å². The van der Waals surface area contributed by atoms with Gasteiger partial charge in [-0.2, -0.15) is 0 Å². The highest BCUT2D eigenvalue weighted by Gasteiger charge is 2.29. The quantitative estimate of drug-likeness (QED) is 0.219. The van der Waals surface area contributed by atoms with Gasteiger partial charge in [-0.25, -0.2) is 4.79 Å². The lowest BCUT2D eigenvalue weighted by atomic mass is 10.1. The van der Waals surface area contributed by atoms with Gasteiger partial charge in [-0.15, -0.1) is 0 Å². The van der Waals surface area contributed by atoms with Crippen LogP contribution in [-0.2, 0) is 4.74 Å². The number of carbonyl (C=O) groups excluding carboxylic acids is 1. The summed E-state index contributed by atoms with van der Waals surface area (Å²) in [6.07, 6.45) is 0.685. The normalized spacial score (nSPS) is 15.1. The molecule has 1 aliphatic heterocycles. The number of carbonyl (C=O) groups is 1. The molecular formula is C33H44Cl2N4O4. The molecule has 1 aliphatic rings. The van der Waals surface area contributed by atoms with Gasteiger partial charge < -0.3 is 19.3 Å². The molecule has 1 amide bonds. The maximum Gasteiger partial charge on any atom is 0.411 e. The van der Waals surface area contributed by atoms with E-state index in [4.69, 9.17) is 32.7 Å². The topological polar surface area (TPSA) is 67.2 Å². The summed E-state index contributed by atoms with van der Waals surface area (Å²) in [7, 11) is 1.70. The van der Waals surface area contributed by atoms with E-state index >= 15 is 0 Å². The zero-order chi connectivity index (χ0) is 31.3. The van der Waals surface area contributed by atoms with Crippen molar-refractivity contribution in [2.45, 2.75) is 59.2 Å². The average Bonchev–Trinajstić information content (AvgIpc) is 2.96. The van der Waals surface area contributed by atoms with Crippen molar-refractivity contribution in [3.8, 4) is 5.75 Å². The number of rotatable bonds is 10. The number of pyridine rings is 1. The van der Waals surface area contributed by atoms with Crippen LogP contribution in [0, 0.1) is 5.92 Å². The molecule has 0 saturated carbocycles. The van der Waals surface area contributed by atoms with Crippen molar-refractivity contribution in [2.75, 3.05) is 51.3 Å². The van der Waals surface area contributed by atoms with Crippen LogP contribution in [0.1, 0.15) is 53.7 Å².